The van der Waals surface area contributed by atoms with Crippen LogP contribution in [0.2, 0.25) is 0 Å². The van der Waals surface area contributed by atoms with E-state index >= 15 is 0 Å². The fourth-order valence-corrected chi connectivity index (χ4v) is 0.811. The van der Waals surface area contributed by atoms with Crippen LogP contribution in [-0.2, 0) is 0 Å². The number of nitrogens with two attached hydrogens (primary N) is 1. The van der Waals surface area contributed by atoms with Crippen LogP contribution in [0.5, 0.6) is 0 Å². The summed E-state index contributed by atoms with van der Waals surface area (Å²) in [6, 6.07) is 8.13. The van der Waals surface area contributed by atoms with Crippen LogP contribution in [-0.4, -0.2) is 6.18 Å². The fraction of sp³-hybridized carbons (Fsp3) is 0.111. The zero-order chi connectivity index (χ0) is 9.90. The summed E-state index contributed by atoms with van der Waals surface area (Å²) >= 11 is 0. The predicted molar refractivity (Wildman–Crippen MR) is 44.7 cm³/mol. The summed E-state index contributed by atoms with van der Waals surface area (Å²) in [5.41, 5.74) is 4.18. The van der Waals surface area contributed by atoms with E-state index in [1.807, 2.05) is 0 Å². The number of allylic oxidation sites excluding steroid dienone is 1. The average molecular weight is 187 g/mol. The molecule has 0 unspecified atom stereocenters. The Kier molecular flexibility index (Phi) is 2.60. The van der Waals surface area contributed by atoms with Gasteiger partial charge < -0.3 is 5.73 Å². The maximum absolute atomic E-state index is 11.9. The smallest absolute Gasteiger partial charge is 0.395 e. The quantitative estimate of drug-likeness (QED) is 0.718. The second-order valence-corrected chi connectivity index (χ2v) is 2.51. The number of halogens is 3. The summed E-state index contributed by atoms with van der Waals surface area (Å²) in [7, 11) is 0. The van der Waals surface area contributed by atoms with Gasteiger partial charge in [-0.2, -0.15) is 13.2 Å². The van der Waals surface area contributed by atoms with Crippen molar-refractivity contribution in [2.24, 2.45) is 5.73 Å². The lowest BCUT2D eigenvalue weighted by Crippen LogP contribution is -2.18. The lowest BCUT2D eigenvalue weighted by molar-refractivity contribution is -0.0916. The molecule has 0 aliphatic carbocycles. The standard InChI is InChI=1S/C9H8F3N/c10-9(11,12)8(13)6-7-4-2-1-3-5-7/h1-6H,13H2/b8-6+. The average Bonchev–Trinajstić information content (AvgIpc) is 2.04. The van der Waals surface area contributed by atoms with Gasteiger partial charge in [0.15, 0.2) is 0 Å². The predicted octanol–water partition coefficient (Wildman–Crippen LogP) is 2.55. The van der Waals surface area contributed by atoms with E-state index in [0.717, 1.165) is 6.08 Å². The van der Waals surface area contributed by atoms with Gasteiger partial charge in [0.1, 0.15) is 5.70 Å². The Morgan fingerprint density at radius 3 is 2.15 bits per heavy atom. The van der Waals surface area contributed by atoms with Crippen molar-refractivity contribution >= 4 is 6.08 Å². The molecule has 1 rings (SSSR count). The summed E-state index contributed by atoms with van der Waals surface area (Å²) in [6.07, 6.45) is -3.55. The van der Waals surface area contributed by atoms with Crippen molar-refractivity contribution in [3.8, 4) is 0 Å². The highest BCUT2D eigenvalue weighted by Crippen LogP contribution is 2.23. The van der Waals surface area contributed by atoms with Gasteiger partial charge in [0.25, 0.3) is 0 Å². The molecule has 1 aromatic carbocycles. The molecular weight excluding hydrogens is 179 g/mol. The molecule has 1 aromatic rings. The van der Waals surface area contributed by atoms with Gasteiger partial charge >= 0.3 is 6.18 Å². The van der Waals surface area contributed by atoms with Crippen molar-refractivity contribution in [2.45, 2.75) is 6.18 Å². The maximum Gasteiger partial charge on any atom is 0.430 e. The molecule has 0 aromatic heterocycles. The molecule has 0 heterocycles. The summed E-state index contributed by atoms with van der Waals surface area (Å²) in [5, 5.41) is 0. The molecule has 0 radical (unpaired) electrons. The largest absolute Gasteiger partial charge is 0.430 e. The maximum atomic E-state index is 11.9. The highest BCUT2D eigenvalue weighted by Gasteiger charge is 2.31. The first-order chi connectivity index (χ1) is 6.00. The second kappa shape index (κ2) is 3.51. The van der Waals surface area contributed by atoms with E-state index in [1.54, 1.807) is 30.3 Å². The van der Waals surface area contributed by atoms with E-state index in [-0.39, 0.29) is 0 Å². The molecule has 0 atom stereocenters. The van der Waals surface area contributed by atoms with Crippen molar-refractivity contribution in [3.63, 3.8) is 0 Å². The Morgan fingerprint density at radius 1 is 1.15 bits per heavy atom. The molecule has 1 nitrogen and oxygen atoms in total. The SMILES string of the molecule is N/C(=C/c1ccccc1)C(F)(F)F. The van der Waals surface area contributed by atoms with E-state index in [9.17, 15) is 13.2 Å². The summed E-state index contributed by atoms with van der Waals surface area (Å²) in [5.74, 6) is 0. The van der Waals surface area contributed by atoms with Gasteiger partial charge in [0, 0.05) is 0 Å². The van der Waals surface area contributed by atoms with E-state index in [0.29, 0.717) is 5.56 Å². The van der Waals surface area contributed by atoms with Gasteiger partial charge in [0.2, 0.25) is 0 Å². The third-order valence-electron chi connectivity index (χ3n) is 1.45. The monoisotopic (exact) mass is 187 g/mol. The van der Waals surface area contributed by atoms with Crippen LogP contribution in [0.1, 0.15) is 5.56 Å². The molecule has 2 N–H and O–H groups in total. The van der Waals surface area contributed by atoms with Crippen molar-refractivity contribution in [1.29, 1.82) is 0 Å². The molecule has 0 aliphatic rings. The first kappa shape index (κ1) is 9.64. The fourth-order valence-electron chi connectivity index (χ4n) is 0.811. The molecule has 0 bridgehead atoms. The van der Waals surface area contributed by atoms with Crippen molar-refractivity contribution in [2.75, 3.05) is 0 Å². The Morgan fingerprint density at radius 2 is 1.69 bits per heavy atom. The molecule has 0 aliphatic heterocycles. The Balaban J connectivity index is 2.90. The normalized spacial score (nSPS) is 13.0. The Bertz CT molecular complexity index is 300. The van der Waals surface area contributed by atoms with E-state index in [2.05, 4.69) is 0 Å². The topological polar surface area (TPSA) is 26.0 Å². The minimum absolute atomic E-state index is 0.442. The second-order valence-electron chi connectivity index (χ2n) is 2.51. The Hall–Kier alpha value is -1.45. The van der Waals surface area contributed by atoms with Crippen molar-refractivity contribution in [1.82, 2.24) is 0 Å². The van der Waals surface area contributed by atoms with Crippen LogP contribution in [0.15, 0.2) is 36.0 Å². The summed E-state index contributed by atoms with van der Waals surface area (Å²) in [6.45, 7) is 0. The van der Waals surface area contributed by atoms with E-state index in [1.165, 1.54) is 0 Å². The van der Waals surface area contributed by atoms with Gasteiger partial charge in [-0.05, 0) is 11.6 Å². The third-order valence-corrected chi connectivity index (χ3v) is 1.45. The number of hydrogen-bond acceptors (Lipinski definition) is 1. The molecule has 0 saturated heterocycles. The number of hydrogen-bond donors (Lipinski definition) is 1. The summed E-state index contributed by atoms with van der Waals surface area (Å²) < 4.78 is 35.8. The van der Waals surface area contributed by atoms with Crippen LogP contribution in [0.3, 0.4) is 0 Å². The van der Waals surface area contributed by atoms with Gasteiger partial charge in [-0.1, -0.05) is 30.3 Å². The van der Waals surface area contributed by atoms with Crippen molar-refractivity contribution in [3.05, 3.63) is 41.6 Å². The summed E-state index contributed by atoms with van der Waals surface area (Å²) in [4.78, 5) is 0. The lowest BCUT2D eigenvalue weighted by atomic mass is 10.2. The number of benzene rings is 1. The molecule has 0 saturated carbocycles. The zero-order valence-electron chi connectivity index (χ0n) is 6.68. The molecular formula is C9H8F3N. The van der Waals surface area contributed by atoms with Gasteiger partial charge in [0.05, 0.1) is 0 Å². The van der Waals surface area contributed by atoms with Gasteiger partial charge in [-0.15, -0.1) is 0 Å². The van der Waals surface area contributed by atoms with Crippen molar-refractivity contribution < 1.29 is 13.2 Å². The van der Waals surface area contributed by atoms with Gasteiger partial charge in [-0.3, -0.25) is 0 Å². The zero-order valence-corrected chi connectivity index (χ0v) is 6.68. The number of rotatable bonds is 1. The minimum atomic E-state index is -4.45. The highest BCUT2D eigenvalue weighted by atomic mass is 19.4. The van der Waals surface area contributed by atoms with Crippen LogP contribution in [0.25, 0.3) is 6.08 Å². The minimum Gasteiger partial charge on any atom is -0.395 e. The number of alkyl halides is 3. The van der Waals surface area contributed by atoms with Crippen LogP contribution < -0.4 is 5.73 Å². The molecule has 4 heteroatoms. The molecule has 70 valence electrons. The lowest BCUT2D eigenvalue weighted by Gasteiger charge is -2.05. The molecule has 13 heavy (non-hydrogen) atoms. The highest BCUT2D eigenvalue weighted by molar-refractivity contribution is 5.52. The molecule has 0 fully saturated rings. The van der Waals surface area contributed by atoms with E-state index < -0.39 is 11.9 Å². The van der Waals surface area contributed by atoms with Gasteiger partial charge in [-0.25, -0.2) is 0 Å². The van der Waals surface area contributed by atoms with E-state index in [4.69, 9.17) is 5.73 Å². The van der Waals surface area contributed by atoms with Crippen LogP contribution in [0, 0.1) is 0 Å². The first-order valence-electron chi connectivity index (χ1n) is 3.59. The first-order valence-corrected chi connectivity index (χ1v) is 3.59. The van der Waals surface area contributed by atoms with Crippen LogP contribution >= 0.6 is 0 Å². The Labute approximate surface area is 73.7 Å². The molecule has 0 amide bonds. The third kappa shape index (κ3) is 2.82. The van der Waals surface area contributed by atoms with Crippen LogP contribution in [0.4, 0.5) is 13.2 Å². The molecule has 0 spiro atoms.